The Bertz CT molecular complexity index is 553. The van der Waals surface area contributed by atoms with E-state index in [4.69, 9.17) is 11.6 Å². The normalized spacial score (nSPS) is 12.6. The fourth-order valence-corrected chi connectivity index (χ4v) is 3.23. The Morgan fingerprint density at radius 3 is 2.58 bits per heavy atom. The van der Waals surface area contributed by atoms with Crippen molar-refractivity contribution in [1.29, 1.82) is 0 Å². The van der Waals surface area contributed by atoms with Gasteiger partial charge in [0.05, 0.1) is 5.02 Å². The fourth-order valence-electron chi connectivity index (χ4n) is 2.04. The number of halogens is 2. The molecular weight excluding hydrogens is 281 g/mol. The molecule has 0 fully saturated rings. The smallest absolute Gasteiger partial charge is 0.141 e. The van der Waals surface area contributed by atoms with Gasteiger partial charge in [0, 0.05) is 22.2 Å². The molecule has 19 heavy (non-hydrogen) atoms. The first kappa shape index (κ1) is 14.5. The maximum absolute atomic E-state index is 13.2. The van der Waals surface area contributed by atoms with E-state index in [0.29, 0.717) is 0 Å². The molecule has 0 saturated heterocycles. The monoisotopic (exact) mass is 297 g/mol. The van der Waals surface area contributed by atoms with Gasteiger partial charge in [-0.3, -0.25) is 0 Å². The van der Waals surface area contributed by atoms with E-state index < -0.39 is 0 Å². The summed E-state index contributed by atoms with van der Waals surface area (Å²) in [6, 6.07) is 9.40. The van der Waals surface area contributed by atoms with Crippen molar-refractivity contribution >= 4 is 22.9 Å². The Balaban J connectivity index is 2.17. The lowest BCUT2D eigenvalue weighted by Crippen LogP contribution is -2.18. The predicted molar refractivity (Wildman–Crippen MR) is 80.6 cm³/mol. The van der Waals surface area contributed by atoms with Crippen molar-refractivity contribution in [3.63, 3.8) is 0 Å². The minimum Gasteiger partial charge on any atom is -0.313 e. The maximum Gasteiger partial charge on any atom is 0.141 e. The molecule has 1 heterocycles. The molecule has 0 saturated carbocycles. The molecule has 2 rings (SSSR count). The first-order valence-electron chi connectivity index (χ1n) is 6.33. The minimum atomic E-state index is -0.371. The third kappa shape index (κ3) is 3.56. The molecule has 102 valence electrons. The standard InChI is InChI=1S/C15H17ClFNS/c1-3-11-5-6-12(19-11)9-15(18-2)10-4-7-14(17)13(16)8-10/h4-8,15,18H,3,9H2,1-2H3. The van der Waals surface area contributed by atoms with Crippen LogP contribution in [0.1, 0.15) is 28.3 Å². The molecule has 0 aliphatic rings. The van der Waals surface area contributed by atoms with Crippen LogP contribution in [0, 0.1) is 5.82 Å². The minimum absolute atomic E-state index is 0.154. The number of benzene rings is 1. The van der Waals surface area contributed by atoms with E-state index in [2.05, 4.69) is 24.4 Å². The van der Waals surface area contributed by atoms with Gasteiger partial charge in [-0.2, -0.15) is 0 Å². The van der Waals surface area contributed by atoms with E-state index >= 15 is 0 Å². The molecule has 0 spiro atoms. The Labute approximate surface area is 122 Å². The van der Waals surface area contributed by atoms with Crippen LogP contribution in [0.2, 0.25) is 5.02 Å². The Morgan fingerprint density at radius 1 is 1.26 bits per heavy atom. The van der Waals surface area contributed by atoms with Gasteiger partial charge >= 0.3 is 0 Å². The van der Waals surface area contributed by atoms with E-state index in [1.165, 1.54) is 15.8 Å². The van der Waals surface area contributed by atoms with Crippen LogP contribution in [0.4, 0.5) is 4.39 Å². The van der Waals surface area contributed by atoms with E-state index in [1.807, 2.05) is 18.4 Å². The quantitative estimate of drug-likeness (QED) is 0.850. The number of aryl methyl sites for hydroxylation is 1. The van der Waals surface area contributed by atoms with Gasteiger partial charge in [0.25, 0.3) is 0 Å². The Morgan fingerprint density at radius 2 is 2.00 bits per heavy atom. The molecule has 0 bridgehead atoms. The Kier molecular flexibility index (Phi) is 4.97. The molecule has 1 atom stereocenters. The number of thiophene rings is 1. The summed E-state index contributed by atoms with van der Waals surface area (Å²) in [5, 5.41) is 3.45. The van der Waals surface area contributed by atoms with Crippen molar-refractivity contribution in [1.82, 2.24) is 5.32 Å². The van der Waals surface area contributed by atoms with Gasteiger partial charge in [-0.05, 0) is 43.3 Å². The van der Waals surface area contributed by atoms with E-state index in [-0.39, 0.29) is 16.9 Å². The lowest BCUT2D eigenvalue weighted by Gasteiger charge is -2.16. The third-order valence-electron chi connectivity index (χ3n) is 3.17. The molecule has 1 aromatic carbocycles. The highest BCUT2D eigenvalue weighted by molar-refractivity contribution is 7.11. The molecule has 1 unspecified atom stereocenters. The van der Waals surface area contributed by atoms with Gasteiger partial charge in [0.15, 0.2) is 0 Å². The third-order valence-corrected chi connectivity index (χ3v) is 4.71. The molecular formula is C15H17ClFNS. The molecule has 0 aliphatic carbocycles. The van der Waals surface area contributed by atoms with Gasteiger partial charge in [0.1, 0.15) is 5.82 Å². The van der Waals surface area contributed by atoms with E-state index in [0.717, 1.165) is 18.4 Å². The topological polar surface area (TPSA) is 12.0 Å². The average Bonchev–Trinajstić information content (AvgIpc) is 2.87. The SMILES string of the molecule is CCc1ccc(CC(NC)c2ccc(F)c(Cl)c2)s1. The zero-order chi connectivity index (χ0) is 13.8. The number of likely N-dealkylation sites (N-methyl/N-ethyl adjacent to an activating group) is 1. The van der Waals surface area contributed by atoms with Gasteiger partial charge in [-0.1, -0.05) is 24.6 Å². The summed E-state index contributed by atoms with van der Waals surface area (Å²) in [6.45, 7) is 2.16. The highest BCUT2D eigenvalue weighted by Gasteiger charge is 2.13. The molecule has 0 aliphatic heterocycles. The highest BCUT2D eigenvalue weighted by atomic mass is 35.5. The zero-order valence-corrected chi connectivity index (χ0v) is 12.6. The molecule has 2 aromatic rings. The first-order valence-corrected chi connectivity index (χ1v) is 7.53. The lowest BCUT2D eigenvalue weighted by atomic mass is 10.0. The van der Waals surface area contributed by atoms with Crippen LogP contribution in [-0.2, 0) is 12.8 Å². The predicted octanol–water partition coefficient (Wildman–Crippen LogP) is 4.61. The van der Waals surface area contributed by atoms with Crippen LogP contribution in [-0.4, -0.2) is 7.05 Å². The number of nitrogens with one attached hydrogen (secondary N) is 1. The molecule has 1 N–H and O–H groups in total. The fraction of sp³-hybridized carbons (Fsp3) is 0.333. The molecule has 0 amide bonds. The van der Waals surface area contributed by atoms with Gasteiger partial charge in [-0.15, -0.1) is 11.3 Å². The summed E-state index contributed by atoms with van der Waals surface area (Å²) in [5.41, 5.74) is 1.01. The first-order chi connectivity index (χ1) is 9.13. The van der Waals surface area contributed by atoms with Crippen LogP contribution < -0.4 is 5.32 Å². The van der Waals surface area contributed by atoms with Crippen LogP contribution in [0.25, 0.3) is 0 Å². The van der Waals surface area contributed by atoms with Gasteiger partial charge < -0.3 is 5.32 Å². The largest absolute Gasteiger partial charge is 0.313 e. The summed E-state index contributed by atoms with van der Waals surface area (Å²) < 4.78 is 13.2. The second-order valence-corrected chi connectivity index (χ2v) is 6.10. The summed E-state index contributed by atoms with van der Waals surface area (Å²) in [4.78, 5) is 2.72. The lowest BCUT2D eigenvalue weighted by molar-refractivity contribution is 0.590. The molecule has 1 aromatic heterocycles. The van der Waals surface area contributed by atoms with Crippen molar-refractivity contribution in [3.05, 3.63) is 56.5 Å². The zero-order valence-electron chi connectivity index (χ0n) is 11.0. The van der Waals surface area contributed by atoms with Crippen molar-refractivity contribution in [2.75, 3.05) is 7.05 Å². The average molecular weight is 298 g/mol. The number of hydrogen-bond acceptors (Lipinski definition) is 2. The number of hydrogen-bond donors (Lipinski definition) is 1. The Hall–Kier alpha value is -0.900. The van der Waals surface area contributed by atoms with Crippen molar-refractivity contribution < 1.29 is 4.39 Å². The summed E-state index contributed by atoms with van der Waals surface area (Å²) in [6.07, 6.45) is 1.96. The van der Waals surface area contributed by atoms with E-state index in [9.17, 15) is 4.39 Å². The highest BCUT2D eigenvalue weighted by Crippen LogP contribution is 2.26. The summed E-state index contributed by atoms with van der Waals surface area (Å²) in [7, 11) is 1.91. The second kappa shape index (κ2) is 6.51. The van der Waals surface area contributed by atoms with E-state index in [1.54, 1.807) is 12.1 Å². The van der Waals surface area contributed by atoms with Crippen molar-refractivity contribution in [3.8, 4) is 0 Å². The van der Waals surface area contributed by atoms with Gasteiger partial charge in [-0.25, -0.2) is 4.39 Å². The van der Waals surface area contributed by atoms with Crippen LogP contribution in [0.3, 0.4) is 0 Å². The number of rotatable bonds is 5. The van der Waals surface area contributed by atoms with Crippen molar-refractivity contribution in [2.45, 2.75) is 25.8 Å². The van der Waals surface area contributed by atoms with Crippen LogP contribution in [0.15, 0.2) is 30.3 Å². The summed E-state index contributed by atoms with van der Waals surface area (Å²) >= 11 is 7.68. The maximum atomic E-state index is 13.2. The summed E-state index contributed by atoms with van der Waals surface area (Å²) in [5.74, 6) is -0.371. The van der Waals surface area contributed by atoms with Crippen molar-refractivity contribution in [2.24, 2.45) is 0 Å². The van der Waals surface area contributed by atoms with Crippen LogP contribution >= 0.6 is 22.9 Å². The molecule has 4 heteroatoms. The van der Waals surface area contributed by atoms with Gasteiger partial charge in [0.2, 0.25) is 0 Å². The molecule has 1 nitrogen and oxygen atoms in total. The van der Waals surface area contributed by atoms with Crippen LogP contribution in [0.5, 0.6) is 0 Å². The second-order valence-electron chi connectivity index (χ2n) is 4.44. The molecule has 0 radical (unpaired) electrons.